The first-order valence-electron chi connectivity index (χ1n) is 8.34. The fourth-order valence-corrected chi connectivity index (χ4v) is 2.72. The Hall–Kier alpha value is -2.44. The molecular weight excluding hydrogens is 329 g/mol. The van der Waals surface area contributed by atoms with Crippen molar-refractivity contribution in [1.82, 2.24) is 4.90 Å². The summed E-state index contributed by atoms with van der Waals surface area (Å²) in [5, 5.41) is 0. The lowest BCUT2D eigenvalue weighted by Gasteiger charge is -2.30. The molecular formula is C18H22FNO5. The fourth-order valence-electron chi connectivity index (χ4n) is 2.72. The molecule has 1 aliphatic heterocycles. The molecule has 2 rings (SSSR count). The zero-order valence-corrected chi connectivity index (χ0v) is 14.2. The van der Waals surface area contributed by atoms with Gasteiger partial charge in [0, 0.05) is 13.1 Å². The second kappa shape index (κ2) is 9.15. The van der Waals surface area contributed by atoms with Crippen LogP contribution in [-0.4, -0.2) is 49.0 Å². The first-order valence-corrected chi connectivity index (χ1v) is 8.34. The number of halogens is 1. The molecule has 0 N–H and O–H groups in total. The number of nitrogens with zero attached hydrogens (tertiary/aromatic N) is 1. The number of hydrogen-bond donors (Lipinski definition) is 0. The van der Waals surface area contributed by atoms with Crippen LogP contribution >= 0.6 is 0 Å². The van der Waals surface area contributed by atoms with Crippen LogP contribution < -0.4 is 0 Å². The van der Waals surface area contributed by atoms with E-state index in [1.165, 1.54) is 18.2 Å². The number of hydrogen-bond acceptors (Lipinski definition) is 5. The molecule has 1 heterocycles. The third-order valence-corrected chi connectivity index (χ3v) is 4.06. The van der Waals surface area contributed by atoms with Crippen LogP contribution in [0.2, 0.25) is 0 Å². The summed E-state index contributed by atoms with van der Waals surface area (Å²) in [4.78, 5) is 37.1. The van der Waals surface area contributed by atoms with Crippen LogP contribution in [0, 0.1) is 11.7 Å². The number of piperidine rings is 1. The van der Waals surface area contributed by atoms with Crippen molar-refractivity contribution in [2.24, 2.45) is 5.92 Å². The minimum Gasteiger partial charge on any atom is -0.466 e. The fraction of sp³-hybridized carbons (Fsp3) is 0.500. The highest BCUT2D eigenvalue weighted by atomic mass is 19.1. The van der Waals surface area contributed by atoms with Gasteiger partial charge in [-0.05, 0) is 37.5 Å². The lowest BCUT2D eigenvalue weighted by Crippen LogP contribution is -2.42. The van der Waals surface area contributed by atoms with Crippen molar-refractivity contribution in [3.8, 4) is 0 Å². The van der Waals surface area contributed by atoms with Crippen molar-refractivity contribution in [3.05, 3.63) is 35.6 Å². The third kappa shape index (κ3) is 5.85. The minimum atomic E-state index is -0.583. The van der Waals surface area contributed by atoms with E-state index in [-0.39, 0.29) is 30.8 Å². The maximum absolute atomic E-state index is 13.1. The third-order valence-electron chi connectivity index (χ3n) is 4.06. The highest BCUT2D eigenvalue weighted by Gasteiger charge is 2.28. The van der Waals surface area contributed by atoms with E-state index < -0.39 is 11.8 Å². The Bertz CT molecular complexity index is 626. The molecule has 136 valence electrons. The van der Waals surface area contributed by atoms with Crippen molar-refractivity contribution >= 4 is 17.8 Å². The topological polar surface area (TPSA) is 72.9 Å². The Morgan fingerprint density at radius 2 is 1.92 bits per heavy atom. The predicted molar refractivity (Wildman–Crippen MR) is 87.0 cm³/mol. The maximum Gasteiger partial charge on any atom is 0.310 e. The van der Waals surface area contributed by atoms with E-state index in [1.54, 1.807) is 17.9 Å². The van der Waals surface area contributed by atoms with E-state index >= 15 is 0 Å². The zero-order chi connectivity index (χ0) is 18.2. The molecule has 1 aromatic carbocycles. The zero-order valence-electron chi connectivity index (χ0n) is 14.2. The number of likely N-dealkylation sites (tertiary alicyclic amines) is 1. The summed E-state index contributed by atoms with van der Waals surface area (Å²) in [7, 11) is 0. The molecule has 1 saturated heterocycles. The normalized spacial score (nSPS) is 14.9. The van der Waals surface area contributed by atoms with Crippen LogP contribution in [0.5, 0.6) is 0 Å². The monoisotopic (exact) mass is 351 g/mol. The molecule has 1 fully saturated rings. The highest BCUT2D eigenvalue weighted by Crippen LogP contribution is 2.18. The van der Waals surface area contributed by atoms with Gasteiger partial charge in [-0.1, -0.05) is 12.1 Å². The van der Waals surface area contributed by atoms with Gasteiger partial charge in [0.15, 0.2) is 6.61 Å². The molecule has 0 aromatic heterocycles. The van der Waals surface area contributed by atoms with Crippen LogP contribution in [0.25, 0.3) is 0 Å². The maximum atomic E-state index is 13.1. The molecule has 0 unspecified atom stereocenters. The standard InChI is InChI=1S/C18H22FNO5/c1-2-24-18(23)14-6-8-20(9-7-14)16(21)12-25-17(22)11-13-4-3-5-15(19)10-13/h3-5,10,14H,2,6-9,11-12H2,1H3. The van der Waals surface area contributed by atoms with Crippen molar-refractivity contribution < 1.29 is 28.2 Å². The average molecular weight is 351 g/mol. The molecule has 0 radical (unpaired) electrons. The summed E-state index contributed by atoms with van der Waals surface area (Å²) in [5.74, 6) is -1.71. The number of carbonyl (C=O) groups excluding carboxylic acids is 3. The van der Waals surface area contributed by atoms with Gasteiger partial charge in [-0.3, -0.25) is 14.4 Å². The quantitative estimate of drug-likeness (QED) is 0.730. The summed E-state index contributed by atoms with van der Waals surface area (Å²) in [6.45, 7) is 2.62. The second-order valence-electron chi connectivity index (χ2n) is 5.87. The molecule has 0 bridgehead atoms. The summed E-state index contributed by atoms with van der Waals surface area (Å²) in [6.07, 6.45) is 1.000. The van der Waals surface area contributed by atoms with Crippen molar-refractivity contribution in [2.45, 2.75) is 26.2 Å². The summed E-state index contributed by atoms with van der Waals surface area (Å²) < 4.78 is 23.0. The van der Waals surface area contributed by atoms with Gasteiger partial charge >= 0.3 is 11.9 Å². The molecule has 7 heteroatoms. The Kier molecular flexibility index (Phi) is 6.91. The summed E-state index contributed by atoms with van der Waals surface area (Å²) >= 11 is 0. The van der Waals surface area contributed by atoms with Crippen LogP contribution in [0.15, 0.2) is 24.3 Å². The van der Waals surface area contributed by atoms with Gasteiger partial charge in [0.1, 0.15) is 5.82 Å². The Balaban J connectivity index is 1.72. The summed E-state index contributed by atoms with van der Waals surface area (Å²) in [6, 6.07) is 5.67. The van der Waals surface area contributed by atoms with E-state index in [2.05, 4.69) is 0 Å². The van der Waals surface area contributed by atoms with Gasteiger partial charge in [0.2, 0.25) is 0 Å². The van der Waals surface area contributed by atoms with Crippen molar-refractivity contribution in [2.75, 3.05) is 26.3 Å². The first kappa shape index (κ1) is 18.9. The van der Waals surface area contributed by atoms with Gasteiger partial charge < -0.3 is 14.4 Å². The van der Waals surface area contributed by atoms with E-state index in [0.29, 0.717) is 38.1 Å². The molecule has 1 aromatic rings. The number of benzene rings is 1. The number of carbonyl (C=O) groups is 3. The molecule has 0 spiro atoms. The number of ether oxygens (including phenoxy) is 2. The van der Waals surface area contributed by atoms with Gasteiger partial charge in [-0.25, -0.2) is 4.39 Å². The Morgan fingerprint density at radius 3 is 2.56 bits per heavy atom. The lowest BCUT2D eigenvalue weighted by molar-refractivity contribution is -0.154. The minimum absolute atomic E-state index is 0.0873. The molecule has 0 atom stereocenters. The number of amides is 1. The van der Waals surface area contributed by atoms with Gasteiger partial charge in [-0.2, -0.15) is 0 Å². The molecule has 6 nitrogen and oxygen atoms in total. The van der Waals surface area contributed by atoms with Crippen LogP contribution in [0.1, 0.15) is 25.3 Å². The van der Waals surface area contributed by atoms with Gasteiger partial charge in [-0.15, -0.1) is 0 Å². The molecule has 25 heavy (non-hydrogen) atoms. The van der Waals surface area contributed by atoms with Crippen molar-refractivity contribution in [3.63, 3.8) is 0 Å². The van der Waals surface area contributed by atoms with Crippen LogP contribution in [-0.2, 0) is 30.3 Å². The lowest BCUT2D eigenvalue weighted by atomic mass is 9.97. The Morgan fingerprint density at radius 1 is 1.20 bits per heavy atom. The summed E-state index contributed by atoms with van der Waals surface area (Å²) in [5.41, 5.74) is 0.493. The largest absolute Gasteiger partial charge is 0.466 e. The smallest absolute Gasteiger partial charge is 0.310 e. The van der Waals surface area contributed by atoms with E-state index in [9.17, 15) is 18.8 Å². The predicted octanol–water partition coefficient (Wildman–Crippen LogP) is 1.71. The first-order chi connectivity index (χ1) is 12.0. The molecule has 1 aliphatic rings. The van der Waals surface area contributed by atoms with E-state index in [0.717, 1.165) is 0 Å². The average Bonchev–Trinajstić information content (AvgIpc) is 2.60. The number of esters is 2. The molecule has 1 amide bonds. The highest BCUT2D eigenvalue weighted by molar-refractivity contribution is 5.81. The van der Waals surface area contributed by atoms with Crippen LogP contribution in [0.3, 0.4) is 0 Å². The van der Waals surface area contributed by atoms with E-state index in [1.807, 2.05) is 0 Å². The van der Waals surface area contributed by atoms with E-state index in [4.69, 9.17) is 9.47 Å². The van der Waals surface area contributed by atoms with Gasteiger partial charge in [0.05, 0.1) is 18.9 Å². The number of rotatable bonds is 6. The Labute approximate surface area is 145 Å². The van der Waals surface area contributed by atoms with Gasteiger partial charge in [0.25, 0.3) is 5.91 Å². The second-order valence-corrected chi connectivity index (χ2v) is 5.87. The SMILES string of the molecule is CCOC(=O)C1CCN(C(=O)COC(=O)Cc2cccc(F)c2)CC1. The molecule has 0 aliphatic carbocycles. The molecule has 0 saturated carbocycles. The van der Waals surface area contributed by atoms with Crippen molar-refractivity contribution in [1.29, 1.82) is 0 Å². The van der Waals surface area contributed by atoms with Crippen LogP contribution in [0.4, 0.5) is 4.39 Å².